The Bertz CT molecular complexity index is 679. The molecule has 0 aliphatic carbocycles. The Kier molecular flexibility index (Phi) is 4.49. The van der Waals surface area contributed by atoms with Gasteiger partial charge in [0.2, 0.25) is 0 Å². The van der Waals surface area contributed by atoms with Crippen molar-refractivity contribution in [1.29, 1.82) is 0 Å². The molecule has 0 saturated heterocycles. The third-order valence-corrected chi connectivity index (χ3v) is 4.48. The number of carbonyl (C=O) groups excluding carboxylic acids is 2. The number of rotatable bonds is 5. The van der Waals surface area contributed by atoms with E-state index in [1.807, 2.05) is 0 Å². The molecule has 0 radical (unpaired) electrons. The minimum absolute atomic E-state index is 0.0690. The van der Waals surface area contributed by atoms with Crippen LogP contribution in [-0.2, 0) is 15.6 Å². The molecule has 2 rings (SSSR count). The third kappa shape index (κ3) is 3.35. The lowest BCUT2D eigenvalue weighted by Crippen LogP contribution is -2.32. The topological polar surface area (TPSA) is 97.3 Å². The minimum atomic E-state index is -1.90. The standard InChI is InChI=1S/C15H12O5S/c16-14(17)11-6-8-12(9-7-11)21(20)13(15(18)19)10-4-2-1-3-5-10/h1-9,13H,(H,16,17)(H,18,19)/p-2/t13-,21-/m1/s1. The van der Waals surface area contributed by atoms with E-state index in [-0.39, 0.29) is 10.5 Å². The molecule has 108 valence electrons. The maximum Gasteiger partial charge on any atom is 0.104 e. The highest BCUT2D eigenvalue weighted by atomic mass is 32.2. The molecule has 0 aliphatic rings. The molecule has 0 bridgehead atoms. The molecule has 2 aromatic rings. The van der Waals surface area contributed by atoms with E-state index in [1.54, 1.807) is 30.3 Å². The van der Waals surface area contributed by atoms with Crippen molar-refractivity contribution in [3.05, 3.63) is 65.7 Å². The fourth-order valence-electron chi connectivity index (χ4n) is 1.84. The number of hydrogen-bond donors (Lipinski definition) is 0. The fraction of sp³-hybridized carbons (Fsp3) is 0.0667. The van der Waals surface area contributed by atoms with Crippen LogP contribution in [0.3, 0.4) is 0 Å². The van der Waals surface area contributed by atoms with Crippen LogP contribution < -0.4 is 10.2 Å². The fourth-order valence-corrected chi connectivity index (χ4v) is 3.09. The summed E-state index contributed by atoms with van der Waals surface area (Å²) in [4.78, 5) is 22.1. The van der Waals surface area contributed by atoms with Gasteiger partial charge in [0.15, 0.2) is 0 Å². The molecule has 0 amide bonds. The second kappa shape index (κ2) is 6.32. The van der Waals surface area contributed by atoms with Crippen molar-refractivity contribution < 1.29 is 24.0 Å². The van der Waals surface area contributed by atoms with E-state index in [1.165, 1.54) is 24.3 Å². The van der Waals surface area contributed by atoms with Gasteiger partial charge in [0.05, 0.1) is 22.7 Å². The van der Waals surface area contributed by atoms with Crippen LogP contribution in [-0.4, -0.2) is 16.1 Å². The summed E-state index contributed by atoms with van der Waals surface area (Å²) >= 11 is 0. The van der Waals surface area contributed by atoms with Gasteiger partial charge in [0.1, 0.15) is 5.25 Å². The Morgan fingerprint density at radius 1 is 0.905 bits per heavy atom. The van der Waals surface area contributed by atoms with Crippen LogP contribution in [0.5, 0.6) is 0 Å². The molecule has 0 saturated carbocycles. The zero-order valence-corrected chi connectivity index (χ0v) is 11.5. The lowest BCUT2D eigenvalue weighted by atomic mass is 10.1. The number of carboxylic acid groups (broad SMARTS) is 2. The van der Waals surface area contributed by atoms with Gasteiger partial charge in [-0.25, -0.2) is 0 Å². The van der Waals surface area contributed by atoms with Gasteiger partial charge in [-0.3, -0.25) is 4.21 Å². The van der Waals surface area contributed by atoms with Crippen LogP contribution >= 0.6 is 0 Å². The van der Waals surface area contributed by atoms with E-state index < -0.39 is 28.0 Å². The van der Waals surface area contributed by atoms with Gasteiger partial charge in [-0.1, -0.05) is 42.5 Å². The molecule has 0 heterocycles. The number of carboxylic acids is 2. The number of hydrogen-bond acceptors (Lipinski definition) is 5. The Morgan fingerprint density at radius 2 is 1.48 bits per heavy atom. The van der Waals surface area contributed by atoms with Gasteiger partial charge < -0.3 is 19.8 Å². The monoisotopic (exact) mass is 302 g/mol. The average Bonchev–Trinajstić information content (AvgIpc) is 2.48. The average molecular weight is 302 g/mol. The predicted molar refractivity (Wildman–Crippen MR) is 71.4 cm³/mol. The maximum absolute atomic E-state index is 12.4. The van der Waals surface area contributed by atoms with Crippen molar-refractivity contribution in [3.63, 3.8) is 0 Å². The molecule has 2 aromatic carbocycles. The second-order valence-electron chi connectivity index (χ2n) is 4.22. The summed E-state index contributed by atoms with van der Waals surface area (Å²) < 4.78 is 12.4. The van der Waals surface area contributed by atoms with E-state index in [9.17, 15) is 24.0 Å². The van der Waals surface area contributed by atoms with E-state index in [0.29, 0.717) is 5.56 Å². The Balaban J connectivity index is 2.35. The maximum atomic E-state index is 12.4. The summed E-state index contributed by atoms with van der Waals surface area (Å²) in [6.45, 7) is 0. The molecule has 0 aliphatic heterocycles. The summed E-state index contributed by atoms with van der Waals surface area (Å²) in [6, 6.07) is 13.2. The van der Waals surface area contributed by atoms with Gasteiger partial charge in [-0.2, -0.15) is 0 Å². The Hall–Kier alpha value is -2.47. The van der Waals surface area contributed by atoms with Crippen molar-refractivity contribution in [2.24, 2.45) is 0 Å². The summed E-state index contributed by atoms with van der Waals surface area (Å²) in [7, 11) is -1.90. The van der Waals surface area contributed by atoms with Crippen LogP contribution in [0.15, 0.2) is 59.5 Å². The molecular weight excluding hydrogens is 292 g/mol. The molecule has 0 unspecified atom stereocenters. The predicted octanol–water partition coefficient (Wildman–Crippen LogP) is -0.351. The normalized spacial score (nSPS) is 13.3. The quantitative estimate of drug-likeness (QED) is 0.752. The first-order chi connectivity index (χ1) is 10.0. The van der Waals surface area contributed by atoms with Crippen molar-refractivity contribution in [1.82, 2.24) is 0 Å². The summed E-state index contributed by atoms with van der Waals surface area (Å²) in [6.07, 6.45) is 0. The number of aliphatic carboxylic acids is 1. The van der Waals surface area contributed by atoms with Crippen LogP contribution in [0, 0.1) is 0 Å². The minimum Gasteiger partial charge on any atom is -0.548 e. The highest BCUT2D eigenvalue weighted by Gasteiger charge is 2.21. The lowest BCUT2D eigenvalue weighted by molar-refractivity contribution is -0.305. The molecule has 6 heteroatoms. The molecule has 2 atom stereocenters. The number of aromatic carboxylic acids is 1. The molecule has 5 nitrogen and oxygen atoms in total. The van der Waals surface area contributed by atoms with E-state index in [4.69, 9.17) is 0 Å². The molecular formula is C15H10O5S-2. The first-order valence-corrected chi connectivity index (χ1v) is 7.20. The highest BCUT2D eigenvalue weighted by Crippen LogP contribution is 2.25. The van der Waals surface area contributed by atoms with E-state index in [0.717, 1.165) is 0 Å². The first kappa shape index (κ1) is 14.9. The highest BCUT2D eigenvalue weighted by molar-refractivity contribution is 7.86. The van der Waals surface area contributed by atoms with E-state index in [2.05, 4.69) is 0 Å². The van der Waals surface area contributed by atoms with Crippen LogP contribution in [0.2, 0.25) is 0 Å². The van der Waals surface area contributed by atoms with E-state index >= 15 is 0 Å². The van der Waals surface area contributed by atoms with Gasteiger partial charge in [-0.15, -0.1) is 0 Å². The van der Waals surface area contributed by atoms with Crippen LogP contribution in [0.4, 0.5) is 0 Å². The zero-order chi connectivity index (χ0) is 15.4. The molecule has 0 fully saturated rings. The Labute approximate surface area is 123 Å². The zero-order valence-electron chi connectivity index (χ0n) is 10.7. The van der Waals surface area contributed by atoms with Crippen molar-refractivity contribution >= 4 is 22.7 Å². The van der Waals surface area contributed by atoms with Crippen molar-refractivity contribution in [2.45, 2.75) is 10.1 Å². The Morgan fingerprint density at radius 3 is 1.95 bits per heavy atom. The molecule has 0 aromatic heterocycles. The molecule has 21 heavy (non-hydrogen) atoms. The van der Waals surface area contributed by atoms with Crippen molar-refractivity contribution in [2.75, 3.05) is 0 Å². The van der Waals surface area contributed by atoms with Gasteiger partial charge >= 0.3 is 0 Å². The largest absolute Gasteiger partial charge is 0.548 e. The van der Waals surface area contributed by atoms with Gasteiger partial charge in [0.25, 0.3) is 0 Å². The van der Waals surface area contributed by atoms with Gasteiger partial charge in [-0.05, 0) is 23.3 Å². The third-order valence-electron chi connectivity index (χ3n) is 2.85. The first-order valence-electron chi connectivity index (χ1n) is 5.98. The molecule has 0 spiro atoms. The number of benzene rings is 2. The molecule has 0 N–H and O–H groups in total. The lowest BCUT2D eigenvalue weighted by Gasteiger charge is -2.18. The van der Waals surface area contributed by atoms with Crippen LogP contribution in [0.25, 0.3) is 0 Å². The smallest absolute Gasteiger partial charge is 0.104 e. The van der Waals surface area contributed by atoms with Gasteiger partial charge in [0, 0.05) is 4.90 Å². The van der Waals surface area contributed by atoms with Crippen molar-refractivity contribution in [3.8, 4) is 0 Å². The van der Waals surface area contributed by atoms with Crippen LogP contribution in [0.1, 0.15) is 21.2 Å². The SMILES string of the molecule is O=C([O-])c1ccc([S@@](=O)[C@@H](C(=O)[O-])c2ccccc2)cc1. The summed E-state index contributed by atoms with van der Waals surface area (Å²) in [5.74, 6) is -2.81. The second-order valence-corrected chi connectivity index (χ2v) is 5.76. The summed E-state index contributed by atoms with van der Waals surface area (Å²) in [5.41, 5.74) is 0.292. The number of carbonyl (C=O) groups is 2. The summed E-state index contributed by atoms with van der Waals surface area (Å²) in [5, 5.41) is 20.6.